The van der Waals surface area contributed by atoms with Crippen LogP contribution in [0.25, 0.3) is 0 Å². The van der Waals surface area contributed by atoms with Crippen molar-refractivity contribution in [3.8, 4) is 0 Å². The lowest BCUT2D eigenvalue weighted by Crippen LogP contribution is -2.18. The SMILES string of the molecule is CCCCC(C)C(CCCCCCCCCC(=O)n1cccc1CCCc1ccccc1)C(C)C. The maximum Gasteiger partial charge on any atom is 0.230 e. The van der Waals surface area contributed by atoms with Crippen molar-refractivity contribution in [1.29, 1.82) is 0 Å². The first kappa shape index (κ1) is 29.4. The normalized spacial score (nSPS) is 13.3. The number of nitrogens with zero attached hydrogens (tertiary/aromatic N) is 1. The molecule has 1 aromatic heterocycles. The molecule has 0 amide bonds. The minimum atomic E-state index is 0.265. The number of rotatable bonds is 19. The van der Waals surface area contributed by atoms with Crippen LogP contribution in [-0.2, 0) is 12.8 Å². The van der Waals surface area contributed by atoms with Gasteiger partial charge in [-0.15, -0.1) is 0 Å². The third-order valence-corrected chi connectivity index (χ3v) is 7.87. The first-order chi connectivity index (χ1) is 17.0. The number of carbonyl (C=O) groups is 1. The second kappa shape index (κ2) is 17.6. The summed E-state index contributed by atoms with van der Waals surface area (Å²) < 4.78 is 1.90. The summed E-state index contributed by atoms with van der Waals surface area (Å²) in [7, 11) is 0. The van der Waals surface area contributed by atoms with E-state index in [1.54, 1.807) is 0 Å². The van der Waals surface area contributed by atoms with Crippen LogP contribution in [0.15, 0.2) is 48.7 Å². The molecule has 0 bridgehead atoms. The molecule has 0 spiro atoms. The summed E-state index contributed by atoms with van der Waals surface area (Å²) in [4.78, 5) is 12.7. The fourth-order valence-electron chi connectivity index (χ4n) is 5.66. The number of aromatic nitrogens is 1. The predicted molar refractivity (Wildman–Crippen MR) is 152 cm³/mol. The minimum absolute atomic E-state index is 0.265. The van der Waals surface area contributed by atoms with E-state index >= 15 is 0 Å². The smallest absolute Gasteiger partial charge is 0.230 e. The van der Waals surface area contributed by atoms with E-state index in [4.69, 9.17) is 0 Å². The molecule has 1 heterocycles. The van der Waals surface area contributed by atoms with Crippen molar-refractivity contribution in [2.75, 3.05) is 0 Å². The Morgan fingerprint density at radius 2 is 1.43 bits per heavy atom. The number of benzene rings is 1. The molecule has 2 aromatic rings. The Morgan fingerprint density at radius 1 is 0.743 bits per heavy atom. The van der Waals surface area contributed by atoms with E-state index in [1.165, 1.54) is 69.8 Å². The van der Waals surface area contributed by atoms with Gasteiger partial charge in [0, 0.05) is 18.3 Å². The zero-order valence-corrected chi connectivity index (χ0v) is 23.3. The highest BCUT2D eigenvalue weighted by molar-refractivity contribution is 5.79. The van der Waals surface area contributed by atoms with Gasteiger partial charge in [0.15, 0.2) is 0 Å². The van der Waals surface area contributed by atoms with Gasteiger partial charge >= 0.3 is 0 Å². The lowest BCUT2D eigenvalue weighted by Gasteiger charge is -2.27. The van der Waals surface area contributed by atoms with E-state index in [9.17, 15) is 4.79 Å². The highest BCUT2D eigenvalue weighted by atomic mass is 16.2. The molecule has 2 nitrogen and oxygen atoms in total. The monoisotopic (exact) mass is 479 g/mol. The Bertz CT molecular complexity index is 790. The topological polar surface area (TPSA) is 22.0 Å². The number of unbranched alkanes of at least 4 members (excludes halogenated alkanes) is 7. The number of hydrogen-bond donors (Lipinski definition) is 0. The molecule has 2 rings (SSSR count). The molecule has 0 fully saturated rings. The largest absolute Gasteiger partial charge is 0.292 e. The van der Waals surface area contributed by atoms with Crippen LogP contribution in [0.5, 0.6) is 0 Å². The zero-order valence-electron chi connectivity index (χ0n) is 23.3. The van der Waals surface area contributed by atoms with Gasteiger partial charge in [0.05, 0.1) is 0 Å². The molecule has 0 aliphatic carbocycles. The molecule has 35 heavy (non-hydrogen) atoms. The van der Waals surface area contributed by atoms with Gasteiger partial charge in [-0.1, -0.05) is 116 Å². The van der Waals surface area contributed by atoms with Gasteiger partial charge in [-0.3, -0.25) is 9.36 Å². The van der Waals surface area contributed by atoms with Crippen LogP contribution in [0.3, 0.4) is 0 Å². The van der Waals surface area contributed by atoms with Gasteiger partial charge < -0.3 is 0 Å². The molecular weight excluding hydrogens is 426 g/mol. The molecule has 0 aliphatic heterocycles. The first-order valence-electron chi connectivity index (χ1n) is 14.8. The van der Waals surface area contributed by atoms with Crippen molar-refractivity contribution < 1.29 is 4.79 Å². The van der Waals surface area contributed by atoms with E-state index in [0.717, 1.165) is 49.1 Å². The van der Waals surface area contributed by atoms with E-state index in [0.29, 0.717) is 6.42 Å². The number of hydrogen-bond acceptors (Lipinski definition) is 1. The highest BCUT2D eigenvalue weighted by Crippen LogP contribution is 2.30. The van der Waals surface area contributed by atoms with Gasteiger partial charge in [0.25, 0.3) is 0 Å². The van der Waals surface area contributed by atoms with E-state index < -0.39 is 0 Å². The van der Waals surface area contributed by atoms with Crippen LogP contribution in [0.4, 0.5) is 0 Å². The third-order valence-electron chi connectivity index (χ3n) is 7.87. The van der Waals surface area contributed by atoms with Crippen molar-refractivity contribution in [2.45, 2.75) is 124 Å². The van der Waals surface area contributed by atoms with Crippen molar-refractivity contribution in [2.24, 2.45) is 17.8 Å². The Kier molecular flexibility index (Phi) is 14.8. The molecule has 2 atom stereocenters. The second-order valence-corrected chi connectivity index (χ2v) is 11.1. The summed E-state index contributed by atoms with van der Waals surface area (Å²) in [5.41, 5.74) is 2.54. The standard InChI is InChI=1S/C33H53NO/c1-5-6-19-29(4)32(28(2)3)25-15-10-8-7-9-11-16-26-33(35)34-27-18-24-31(34)23-17-22-30-20-13-12-14-21-30/h12-14,18,20-21,24,27-29,32H,5-11,15-17,19,22-23,25-26H2,1-4H3. The van der Waals surface area contributed by atoms with Crippen LogP contribution in [0.1, 0.15) is 127 Å². The van der Waals surface area contributed by atoms with Crippen LogP contribution < -0.4 is 0 Å². The Hall–Kier alpha value is -1.83. The molecule has 0 saturated carbocycles. The molecule has 0 N–H and O–H groups in total. The highest BCUT2D eigenvalue weighted by Gasteiger charge is 2.19. The summed E-state index contributed by atoms with van der Waals surface area (Å²) in [5, 5.41) is 0. The van der Waals surface area contributed by atoms with Gasteiger partial charge in [0.2, 0.25) is 5.91 Å². The summed E-state index contributed by atoms with van der Waals surface area (Å²) in [6.45, 7) is 9.60. The Labute approximate surface area is 216 Å². The van der Waals surface area contributed by atoms with Crippen molar-refractivity contribution in [3.05, 3.63) is 59.9 Å². The molecular formula is C33H53NO. The van der Waals surface area contributed by atoms with Crippen molar-refractivity contribution in [1.82, 2.24) is 4.57 Å². The second-order valence-electron chi connectivity index (χ2n) is 11.1. The van der Waals surface area contributed by atoms with Crippen LogP contribution in [0, 0.1) is 17.8 Å². The average molecular weight is 480 g/mol. The lowest BCUT2D eigenvalue weighted by atomic mass is 9.78. The molecule has 0 radical (unpaired) electrons. The number of carbonyl (C=O) groups excluding carboxylic acids is 1. The molecule has 0 aliphatic rings. The summed E-state index contributed by atoms with van der Waals surface area (Å²) in [6.07, 6.45) is 20.1. The molecule has 2 unspecified atom stereocenters. The number of aryl methyl sites for hydroxylation is 2. The lowest BCUT2D eigenvalue weighted by molar-refractivity contribution is 0.0896. The van der Waals surface area contributed by atoms with Crippen molar-refractivity contribution >= 4 is 5.91 Å². The fraction of sp³-hybridized carbons (Fsp3) is 0.667. The van der Waals surface area contributed by atoms with Crippen molar-refractivity contribution in [3.63, 3.8) is 0 Å². The quantitative estimate of drug-likeness (QED) is 0.184. The Balaban J connectivity index is 1.54. The fourth-order valence-corrected chi connectivity index (χ4v) is 5.66. The minimum Gasteiger partial charge on any atom is -0.292 e. The Morgan fingerprint density at radius 3 is 2.11 bits per heavy atom. The van der Waals surface area contributed by atoms with E-state index in [2.05, 4.69) is 64.1 Å². The predicted octanol–water partition coefficient (Wildman–Crippen LogP) is 9.91. The molecule has 0 saturated heterocycles. The molecule has 1 aromatic carbocycles. The van der Waals surface area contributed by atoms with Crippen LogP contribution >= 0.6 is 0 Å². The van der Waals surface area contributed by atoms with Gasteiger partial charge in [0.1, 0.15) is 0 Å². The molecule has 196 valence electrons. The van der Waals surface area contributed by atoms with E-state index in [1.807, 2.05) is 16.8 Å². The zero-order chi connectivity index (χ0) is 25.3. The maximum atomic E-state index is 12.7. The first-order valence-corrected chi connectivity index (χ1v) is 14.8. The van der Waals surface area contributed by atoms with Crippen LogP contribution in [0.2, 0.25) is 0 Å². The third kappa shape index (κ3) is 11.6. The average Bonchev–Trinajstić information content (AvgIpc) is 3.32. The molecule has 2 heteroatoms. The summed E-state index contributed by atoms with van der Waals surface area (Å²) in [6, 6.07) is 14.7. The van der Waals surface area contributed by atoms with Gasteiger partial charge in [-0.25, -0.2) is 0 Å². The van der Waals surface area contributed by atoms with Crippen LogP contribution in [-0.4, -0.2) is 10.5 Å². The summed E-state index contributed by atoms with van der Waals surface area (Å²) >= 11 is 0. The van der Waals surface area contributed by atoms with E-state index in [-0.39, 0.29) is 5.91 Å². The maximum absolute atomic E-state index is 12.7. The van der Waals surface area contributed by atoms with Gasteiger partial charge in [-0.05, 0) is 67.6 Å². The summed E-state index contributed by atoms with van der Waals surface area (Å²) in [5.74, 6) is 2.84. The van der Waals surface area contributed by atoms with Gasteiger partial charge in [-0.2, -0.15) is 0 Å².